The summed E-state index contributed by atoms with van der Waals surface area (Å²) in [6.45, 7) is 0.327. The summed E-state index contributed by atoms with van der Waals surface area (Å²) in [4.78, 5) is 11.6. The lowest BCUT2D eigenvalue weighted by atomic mass is 10.1. The van der Waals surface area contributed by atoms with E-state index in [0.29, 0.717) is 30.2 Å². The molecule has 6 nitrogen and oxygen atoms in total. The predicted molar refractivity (Wildman–Crippen MR) is 94.5 cm³/mol. The van der Waals surface area contributed by atoms with Crippen LogP contribution in [0.4, 0.5) is 0 Å². The van der Waals surface area contributed by atoms with Crippen molar-refractivity contribution in [3.8, 4) is 17.2 Å². The van der Waals surface area contributed by atoms with Crippen LogP contribution in [-0.4, -0.2) is 38.4 Å². The first-order valence-electron chi connectivity index (χ1n) is 7.88. The first kappa shape index (κ1) is 18.6. The van der Waals surface area contributed by atoms with Crippen LogP contribution in [0.5, 0.6) is 17.2 Å². The van der Waals surface area contributed by atoms with Crippen molar-refractivity contribution >= 4 is 5.97 Å². The third-order valence-corrected chi connectivity index (χ3v) is 3.91. The maximum absolute atomic E-state index is 11.6. The largest absolute Gasteiger partial charge is 0.496 e. The average molecular weight is 345 g/mol. The standard InChI is InChI=1S/C19H23NO5/c1-23-16-11-18(25-3)17(24-2)10-14(16)12-20-15(19(21)22)9-13-7-5-4-6-8-13/h4-8,10-11,15,20H,9,12H2,1-3H3,(H,21,22)/t15-/m1/s1. The van der Waals surface area contributed by atoms with E-state index in [1.807, 2.05) is 30.3 Å². The molecule has 1 atom stereocenters. The third-order valence-electron chi connectivity index (χ3n) is 3.91. The monoisotopic (exact) mass is 345 g/mol. The molecule has 0 saturated heterocycles. The highest BCUT2D eigenvalue weighted by atomic mass is 16.5. The van der Waals surface area contributed by atoms with Gasteiger partial charge in [-0.2, -0.15) is 0 Å². The summed E-state index contributed by atoms with van der Waals surface area (Å²) in [5, 5.41) is 12.6. The Morgan fingerprint density at radius 3 is 2.16 bits per heavy atom. The SMILES string of the molecule is COc1cc(OC)c(OC)cc1CN[C@H](Cc1ccccc1)C(=O)O. The van der Waals surface area contributed by atoms with Crippen molar-refractivity contribution in [1.82, 2.24) is 5.32 Å². The number of carbonyl (C=O) groups is 1. The van der Waals surface area contributed by atoms with Gasteiger partial charge in [-0.3, -0.25) is 10.1 Å². The lowest BCUT2D eigenvalue weighted by Crippen LogP contribution is -2.38. The van der Waals surface area contributed by atoms with Gasteiger partial charge in [0, 0.05) is 18.2 Å². The van der Waals surface area contributed by atoms with E-state index >= 15 is 0 Å². The van der Waals surface area contributed by atoms with E-state index in [0.717, 1.165) is 11.1 Å². The fourth-order valence-electron chi connectivity index (χ4n) is 2.56. The van der Waals surface area contributed by atoms with E-state index < -0.39 is 12.0 Å². The Morgan fingerprint density at radius 1 is 1.00 bits per heavy atom. The number of rotatable bonds is 9. The summed E-state index contributed by atoms with van der Waals surface area (Å²) in [5.41, 5.74) is 1.75. The summed E-state index contributed by atoms with van der Waals surface area (Å²) >= 11 is 0. The Balaban J connectivity index is 2.15. The zero-order valence-electron chi connectivity index (χ0n) is 14.6. The second-order valence-electron chi connectivity index (χ2n) is 5.48. The van der Waals surface area contributed by atoms with Crippen LogP contribution in [0, 0.1) is 0 Å². The van der Waals surface area contributed by atoms with Gasteiger partial charge in [0.1, 0.15) is 11.8 Å². The Kier molecular flexibility index (Phi) is 6.65. The Hall–Kier alpha value is -2.73. The van der Waals surface area contributed by atoms with Gasteiger partial charge in [-0.1, -0.05) is 30.3 Å². The first-order chi connectivity index (χ1) is 12.1. The van der Waals surface area contributed by atoms with Crippen molar-refractivity contribution in [3.05, 3.63) is 53.6 Å². The number of ether oxygens (including phenoxy) is 3. The summed E-state index contributed by atoms with van der Waals surface area (Å²) in [6.07, 6.45) is 0.395. The number of carboxylic acid groups (broad SMARTS) is 1. The van der Waals surface area contributed by atoms with E-state index in [1.54, 1.807) is 33.5 Å². The first-order valence-corrected chi connectivity index (χ1v) is 7.88. The van der Waals surface area contributed by atoms with Gasteiger partial charge in [0.05, 0.1) is 21.3 Å². The van der Waals surface area contributed by atoms with Crippen molar-refractivity contribution in [2.45, 2.75) is 19.0 Å². The smallest absolute Gasteiger partial charge is 0.321 e. The summed E-state index contributed by atoms with van der Waals surface area (Å²) in [6, 6.07) is 12.3. The van der Waals surface area contributed by atoms with E-state index in [1.165, 1.54) is 0 Å². The zero-order chi connectivity index (χ0) is 18.2. The zero-order valence-corrected chi connectivity index (χ0v) is 14.6. The summed E-state index contributed by atoms with van der Waals surface area (Å²) < 4.78 is 15.9. The molecule has 0 saturated carbocycles. The van der Waals surface area contributed by atoms with Crippen molar-refractivity contribution in [1.29, 1.82) is 0 Å². The normalized spacial score (nSPS) is 11.6. The number of carboxylic acids is 1. The van der Waals surface area contributed by atoms with Crippen molar-refractivity contribution in [3.63, 3.8) is 0 Å². The molecule has 0 amide bonds. The van der Waals surface area contributed by atoms with E-state index in [2.05, 4.69) is 5.32 Å². The van der Waals surface area contributed by atoms with Gasteiger partial charge in [0.2, 0.25) is 0 Å². The Morgan fingerprint density at radius 2 is 1.60 bits per heavy atom. The van der Waals surface area contributed by atoms with Crippen molar-refractivity contribution < 1.29 is 24.1 Å². The van der Waals surface area contributed by atoms with Crippen LogP contribution in [0.1, 0.15) is 11.1 Å². The molecule has 134 valence electrons. The van der Waals surface area contributed by atoms with Gasteiger partial charge in [-0.15, -0.1) is 0 Å². The number of aliphatic carboxylic acids is 1. The van der Waals surface area contributed by atoms with Crippen LogP contribution >= 0.6 is 0 Å². The van der Waals surface area contributed by atoms with Crippen LogP contribution in [0.3, 0.4) is 0 Å². The van der Waals surface area contributed by atoms with E-state index in [-0.39, 0.29) is 0 Å². The molecule has 0 spiro atoms. The molecule has 2 rings (SSSR count). The third kappa shape index (κ3) is 4.87. The van der Waals surface area contributed by atoms with Crippen LogP contribution in [0.2, 0.25) is 0 Å². The highest BCUT2D eigenvalue weighted by molar-refractivity contribution is 5.74. The predicted octanol–water partition coefficient (Wildman–Crippen LogP) is 2.50. The highest BCUT2D eigenvalue weighted by Gasteiger charge is 2.19. The molecule has 0 unspecified atom stereocenters. The lowest BCUT2D eigenvalue weighted by Gasteiger charge is -2.18. The quantitative estimate of drug-likeness (QED) is 0.727. The second-order valence-corrected chi connectivity index (χ2v) is 5.48. The minimum Gasteiger partial charge on any atom is -0.496 e. The van der Waals surface area contributed by atoms with Gasteiger partial charge in [0.25, 0.3) is 0 Å². The summed E-state index contributed by atoms with van der Waals surface area (Å²) in [5.74, 6) is 0.828. The molecule has 0 heterocycles. The van der Waals surface area contributed by atoms with Crippen LogP contribution in [0.15, 0.2) is 42.5 Å². The van der Waals surface area contributed by atoms with Crippen LogP contribution < -0.4 is 19.5 Å². The molecule has 0 aliphatic carbocycles. The summed E-state index contributed by atoms with van der Waals surface area (Å²) in [7, 11) is 4.66. The highest BCUT2D eigenvalue weighted by Crippen LogP contribution is 2.34. The maximum atomic E-state index is 11.6. The molecule has 0 bridgehead atoms. The fraction of sp³-hybridized carbons (Fsp3) is 0.316. The Labute approximate surface area is 147 Å². The number of methoxy groups -OCH3 is 3. The second kappa shape index (κ2) is 8.94. The minimum atomic E-state index is -0.900. The molecule has 0 fully saturated rings. The van der Waals surface area contributed by atoms with Gasteiger partial charge in [0.15, 0.2) is 11.5 Å². The van der Waals surface area contributed by atoms with E-state index in [4.69, 9.17) is 14.2 Å². The van der Waals surface area contributed by atoms with E-state index in [9.17, 15) is 9.90 Å². The van der Waals surface area contributed by atoms with Gasteiger partial charge < -0.3 is 19.3 Å². The molecule has 6 heteroatoms. The van der Waals surface area contributed by atoms with Gasteiger partial charge >= 0.3 is 5.97 Å². The molecule has 2 aromatic carbocycles. The topological polar surface area (TPSA) is 77.0 Å². The number of nitrogens with one attached hydrogen (secondary N) is 1. The maximum Gasteiger partial charge on any atom is 0.321 e. The van der Waals surface area contributed by atoms with Crippen molar-refractivity contribution in [2.75, 3.05) is 21.3 Å². The lowest BCUT2D eigenvalue weighted by molar-refractivity contribution is -0.139. The number of hydrogen-bond acceptors (Lipinski definition) is 5. The molecular formula is C19H23NO5. The molecule has 0 aromatic heterocycles. The number of benzene rings is 2. The molecule has 0 aliphatic rings. The molecular weight excluding hydrogens is 322 g/mol. The number of hydrogen-bond donors (Lipinski definition) is 2. The minimum absolute atomic E-state index is 0.327. The fourth-order valence-corrected chi connectivity index (χ4v) is 2.56. The average Bonchev–Trinajstić information content (AvgIpc) is 2.64. The molecule has 0 aliphatic heterocycles. The Bertz CT molecular complexity index is 702. The van der Waals surface area contributed by atoms with Crippen molar-refractivity contribution in [2.24, 2.45) is 0 Å². The van der Waals surface area contributed by atoms with Gasteiger partial charge in [-0.05, 0) is 18.1 Å². The molecule has 25 heavy (non-hydrogen) atoms. The van der Waals surface area contributed by atoms with Crippen LogP contribution in [-0.2, 0) is 17.8 Å². The molecule has 2 aromatic rings. The molecule has 0 radical (unpaired) electrons. The molecule has 2 N–H and O–H groups in total. The van der Waals surface area contributed by atoms with Gasteiger partial charge in [-0.25, -0.2) is 0 Å². The van der Waals surface area contributed by atoms with Crippen LogP contribution in [0.25, 0.3) is 0 Å².